The zero-order valence-electron chi connectivity index (χ0n) is 16.0. The molecule has 2 unspecified atom stereocenters. The van der Waals surface area contributed by atoms with Gasteiger partial charge in [0.15, 0.2) is 12.6 Å². The van der Waals surface area contributed by atoms with Gasteiger partial charge in [-0.05, 0) is 25.0 Å². The summed E-state index contributed by atoms with van der Waals surface area (Å²) in [5.74, 6) is 0. The van der Waals surface area contributed by atoms with Crippen LogP contribution < -0.4 is 0 Å². The number of aliphatic hydroxyl groups excluding tert-OH is 2. The highest BCUT2D eigenvalue weighted by atomic mass is 16.8. The van der Waals surface area contributed by atoms with Crippen molar-refractivity contribution in [3.8, 4) is 0 Å². The Bertz CT molecular complexity index is 807. The number of benzene rings is 2. The molecule has 2 aliphatic rings. The molecule has 4 rings (SSSR count). The van der Waals surface area contributed by atoms with Crippen LogP contribution in [0.1, 0.15) is 34.8 Å². The van der Waals surface area contributed by atoms with Crippen LogP contribution in [0.5, 0.6) is 0 Å². The molecule has 0 aromatic heterocycles. The van der Waals surface area contributed by atoms with E-state index in [0.29, 0.717) is 6.61 Å². The Morgan fingerprint density at radius 2 is 1.50 bits per heavy atom. The first kappa shape index (κ1) is 19.5. The summed E-state index contributed by atoms with van der Waals surface area (Å²) in [4.78, 5) is 0. The lowest BCUT2D eigenvalue weighted by molar-refractivity contribution is -0.373. The lowest BCUT2D eigenvalue weighted by Crippen LogP contribution is -2.58. The molecule has 28 heavy (non-hydrogen) atoms. The molecule has 0 amide bonds. The number of hydrogen-bond donors (Lipinski definition) is 2. The summed E-state index contributed by atoms with van der Waals surface area (Å²) >= 11 is 0. The lowest BCUT2D eigenvalue weighted by atomic mass is 9.98. The van der Waals surface area contributed by atoms with Crippen molar-refractivity contribution in [1.82, 2.24) is 0 Å². The smallest absolute Gasteiger partial charge is 0.185 e. The number of hydrogen-bond acceptors (Lipinski definition) is 6. The van der Waals surface area contributed by atoms with Gasteiger partial charge >= 0.3 is 0 Å². The highest BCUT2D eigenvalue weighted by Crippen LogP contribution is 2.39. The lowest BCUT2D eigenvalue weighted by Gasteiger charge is -2.47. The predicted octanol–water partition coefficient (Wildman–Crippen LogP) is 2.55. The molecule has 2 fully saturated rings. The average molecular weight is 386 g/mol. The molecule has 0 bridgehead atoms. The quantitative estimate of drug-likeness (QED) is 0.841. The monoisotopic (exact) mass is 386 g/mol. The Morgan fingerprint density at radius 3 is 2.11 bits per heavy atom. The maximum Gasteiger partial charge on any atom is 0.185 e. The molecule has 0 spiro atoms. The Hall–Kier alpha value is -1.80. The molecule has 2 aromatic rings. The molecule has 6 atom stereocenters. The summed E-state index contributed by atoms with van der Waals surface area (Å²) in [6.07, 6.45) is -4.01. The summed E-state index contributed by atoms with van der Waals surface area (Å²) in [7, 11) is 0. The van der Waals surface area contributed by atoms with Gasteiger partial charge in [-0.15, -0.1) is 0 Å². The predicted molar refractivity (Wildman–Crippen MR) is 102 cm³/mol. The molecule has 150 valence electrons. The minimum atomic E-state index is -1.08. The largest absolute Gasteiger partial charge is 0.394 e. The van der Waals surface area contributed by atoms with Crippen LogP contribution in [0.25, 0.3) is 0 Å². The highest BCUT2D eigenvalue weighted by molar-refractivity contribution is 5.28. The van der Waals surface area contributed by atoms with Crippen molar-refractivity contribution < 1.29 is 29.2 Å². The summed E-state index contributed by atoms with van der Waals surface area (Å²) in [6.45, 7) is 3.86. The summed E-state index contributed by atoms with van der Waals surface area (Å²) in [5.41, 5.74) is 3.90. The van der Waals surface area contributed by atoms with Crippen molar-refractivity contribution in [3.05, 3.63) is 70.8 Å². The third kappa shape index (κ3) is 3.72. The molecule has 2 aliphatic heterocycles. The van der Waals surface area contributed by atoms with Gasteiger partial charge in [0, 0.05) is 11.1 Å². The first-order valence-electron chi connectivity index (χ1n) is 9.56. The standard InChI is InChI=1S/C22H26O6/c1-13-7-3-5-9-15(13)21-25-12-18-20(28-21)19(17(24)11-23)27-22(26-18)16-10-6-4-8-14(16)2/h3-10,17-24H,11-12H2,1-2H3/t17-,18+,19-,20-,21?,22?/m1/s1. The molecule has 0 radical (unpaired) electrons. The highest BCUT2D eigenvalue weighted by Gasteiger charge is 2.48. The van der Waals surface area contributed by atoms with E-state index >= 15 is 0 Å². The fourth-order valence-corrected chi connectivity index (χ4v) is 3.79. The second kappa shape index (κ2) is 8.29. The molecule has 6 heteroatoms. The van der Waals surface area contributed by atoms with E-state index in [2.05, 4.69) is 0 Å². The van der Waals surface area contributed by atoms with E-state index in [1.165, 1.54) is 0 Å². The Kier molecular flexibility index (Phi) is 5.78. The van der Waals surface area contributed by atoms with Crippen molar-refractivity contribution in [2.75, 3.05) is 13.2 Å². The Labute approximate surface area is 164 Å². The number of aryl methyl sites for hydroxylation is 2. The Balaban J connectivity index is 1.59. The van der Waals surface area contributed by atoms with Gasteiger partial charge in [0.2, 0.25) is 0 Å². The van der Waals surface area contributed by atoms with Crippen molar-refractivity contribution in [3.63, 3.8) is 0 Å². The van der Waals surface area contributed by atoms with Crippen LogP contribution in [-0.4, -0.2) is 47.8 Å². The number of ether oxygens (including phenoxy) is 4. The van der Waals surface area contributed by atoms with Crippen LogP contribution in [0.2, 0.25) is 0 Å². The fraction of sp³-hybridized carbons (Fsp3) is 0.455. The van der Waals surface area contributed by atoms with Gasteiger partial charge in [-0.1, -0.05) is 48.5 Å². The third-order valence-corrected chi connectivity index (χ3v) is 5.41. The van der Waals surface area contributed by atoms with E-state index in [1.807, 2.05) is 62.4 Å². The van der Waals surface area contributed by atoms with E-state index in [4.69, 9.17) is 18.9 Å². The molecule has 2 saturated heterocycles. The molecule has 2 N–H and O–H groups in total. The molecule has 0 aliphatic carbocycles. The molecular formula is C22H26O6. The van der Waals surface area contributed by atoms with Crippen LogP contribution >= 0.6 is 0 Å². The normalized spacial score (nSPS) is 31.2. The summed E-state index contributed by atoms with van der Waals surface area (Å²) in [6, 6.07) is 15.6. The summed E-state index contributed by atoms with van der Waals surface area (Å²) in [5, 5.41) is 20.0. The topological polar surface area (TPSA) is 77.4 Å². The molecule has 0 saturated carbocycles. The third-order valence-electron chi connectivity index (χ3n) is 5.41. The van der Waals surface area contributed by atoms with E-state index in [-0.39, 0.29) is 0 Å². The number of rotatable bonds is 4. The van der Waals surface area contributed by atoms with Crippen molar-refractivity contribution in [1.29, 1.82) is 0 Å². The van der Waals surface area contributed by atoms with Crippen molar-refractivity contribution >= 4 is 0 Å². The molecular weight excluding hydrogens is 360 g/mol. The fourth-order valence-electron chi connectivity index (χ4n) is 3.79. The van der Waals surface area contributed by atoms with Crippen LogP contribution in [0.15, 0.2) is 48.5 Å². The van der Waals surface area contributed by atoms with Gasteiger partial charge in [-0.3, -0.25) is 0 Å². The van der Waals surface area contributed by atoms with Crippen LogP contribution in [0, 0.1) is 13.8 Å². The molecule has 2 aromatic carbocycles. The van der Waals surface area contributed by atoms with Crippen LogP contribution in [0.3, 0.4) is 0 Å². The second-order valence-corrected chi connectivity index (χ2v) is 7.34. The SMILES string of the molecule is Cc1ccccc1C1OC[C@@H]2OC(c3ccccc3C)O[C@H]([C@H](O)CO)[C@@H]2O1. The van der Waals surface area contributed by atoms with E-state index < -0.39 is 43.6 Å². The van der Waals surface area contributed by atoms with Crippen LogP contribution in [-0.2, 0) is 18.9 Å². The average Bonchev–Trinajstić information content (AvgIpc) is 2.73. The minimum absolute atomic E-state index is 0.310. The maximum atomic E-state index is 10.4. The Morgan fingerprint density at radius 1 is 0.893 bits per heavy atom. The van der Waals surface area contributed by atoms with Gasteiger partial charge in [-0.2, -0.15) is 0 Å². The first-order valence-corrected chi connectivity index (χ1v) is 9.56. The van der Waals surface area contributed by atoms with Gasteiger partial charge < -0.3 is 29.2 Å². The van der Waals surface area contributed by atoms with Crippen molar-refractivity contribution in [2.24, 2.45) is 0 Å². The zero-order valence-corrected chi connectivity index (χ0v) is 16.0. The minimum Gasteiger partial charge on any atom is -0.394 e. The first-order chi connectivity index (χ1) is 13.6. The van der Waals surface area contributed by atoms with Gasteiger partial charge in [0.1, 0.15) is 24.4 Å². The van der Waals surface area contributed by atoms with Gasteiger partial charge in [0.05, 0.1) is 13.2 Å². The number of aliphatic hydroxyl groups is 2. The van der Waals surface area contributed by atoms with Gasteiger partial charge in [0.25, 0.3) is 0 Å². The van der Waals surface area contributed by atoms with Crippen LogP contribution in [0.4, 0.5) is 0 Å². The maximum absolute atomic E-state index is 10.4. The van der Waals surface area contributed by atoms with Crippen molar-refractivity contribution in [2.45, 2.75) is 50.8 Å². The zero-order chi connectivity index (χ0) is 19.7. The number of fused-ring (bicyclic) bond motifs is 1. The second-order valence-electron chi connectivity index (χ2n) is 7.34. The van der Waals surface area contributed by atoms with E-state index in [0.717, 1.165) is 22.3 Å². The molecule has 2 heterocycles. The van der Waals surface area contributed by atoms with E-state index in [1.54, 1.807) is 0 Å². The van der Waals surface area contributed by atoms with E-state index in [9.17, 15) is 10.2 Å². The summed E-state index contributed by atoms with van der Waals surface area (Å²) < 4.78 is 24.3. The molecule has 6 nitrogen and oxygen atoms in total. The van der Waals surface area contributed by atoms with Gasteiger partial charge in [-0.25, -0.2) is 0 Å².